The Hall–Kier alpha value is -2.23. The molecule has 0 bridgehead atoms. The Bertz CT molecular complexity index is 815. The lowest BCUT2D eigenvalue weighted by Crippen LogP contribution is -2.33. The number of carboxylic acids is 1. The molecule has 0 spiro atoms. The van der Waals surface area contributed by atoms with Crippen LogP contribution in [0.5, 0.6) is 0 Å². The number of rotatable bonds is 6. The fourth-order valence-electron chi connectivity index (χ4n) is 1.83. The van der Waals surface area contributed by atoms with Gasteiger partial charge in [-0.25, -0.2) is 8.42 Å². The molecule has 1 amide bonds. The number of thiophene rings is 1. The van der Waals surface area contributed by atoms with Crippen LogP contribution in [0.15, 0.2) is 46.7 Å². The number of carboxylic acid groups (broad SMARTS) is 1. The molecule has 1 aromatic heterocycles. The van der Waals surface area contributed by atoms with E-state index < -0.39 is 27.9 Å². The summed E-state index contributed by atoms with van der Waals surface area (Å²) in [6.07, 6.45) is 0. The van der Waals surface area contributed by atoms with Gasteiger partial charge in [-0.3, -0.25) is 9.59 Å². The van der Waals surface area contributed by atoms with E-state index in [0.29, 0.717) is 5.56 Å². The molecule has 1 atom stereocenters. The molecule has 0 saturated heterocycles. The highest BCUT2D eigenvalue weighted by atomic mass is 32.2. The van der Waals surface area contributed by atoms with Gasteiger partial charge < -0.3 is 10.4 Å². The van der Waals surface area contributed by atoms with Gasteiger partial charge in [0.05, 0.1) is 9.77 Å². The van der Waals surface area contributed by atoms with Gasteiger partial charge in [-0.05, 0) is 11.6 Å². The lowest BCUT2D eigenvalue weighted by molar-refractivity contribution is -0.139. The third kappa shape index (κ3) is 3.95. The number of carbonyl (C=O) groups is 2. The van der Waals surface area contributed by atoms with Gasteiger partial charge in [0.2, 0.25) is 10.0 Å². The van der Waals surface area contributed by atoms with Crippen LogP contribution in [0, 0.1) is 0 Å². The smallest absolute Gasteiger partial charge is 0.326 e. The zero-order chi connectivity index (χ0) is 17.0. The number of hydrogen-bond donors (Lipinski definition) is 3. The Morgan fingerprint density at radius 2 is 1.87 bits per heavy atom. The largest absolute Gasteiger partial charge is 0.480 e. The van der Waals surface area contributed by atoms with Crippen molar-refractivity contribution >= 4 is 33.2 Å². The maximum absolute atomic E-state index is 12.3. The monoisotopic (exact) mass is 354 g/mol. The molecule has 0 unspecified atom stereocenters. The van der Waals surface area contributed by atoms with E-state index in [1.54, 1.807) is 18.2 Å². The number of nitrogens with one attached hydrogen (secondary N) is 2. The minimum Gasteiger partial charge on any atom is -0.480 e. The molecule has 122 valence electrons. The molecular formula is C14H14N2O5S2. The van der Waals surface area contributed by atoms with Crippen LogP contribution < -0.4 is 10.0 Å². The van der Waals surface area contributed by atoms with Gasteiger partial charge in [-0.15, -0.1) is 11.3 Å². The average Bonchev–Trinajstić information content (AvgIpc) is 3.03. The number of aliphatic carboxylic acids is 1. The third-order valence-electron chi connectivity index (χ3n) is 2.99. The van der Waals surface area contributed by atoms with Crippen molar-refractivity contribution in [2.75, 3.05) is 7.05 Å². The number of amides is 1. The van der Waals surface area contributed by atoms with Crippen molar-refractivity contribution in [2.45, 2.75) is 10.9 Å². The molecule has 0 aliphatic heterocycles. The van der Waals surface area contributed by atoms with E-state index in [1.165, 1.54) is 30.6 Å². The van der Waals surface area contributed by atoms with E-state index in [4.69, 9.17) is 0 Å². The zero-order valence-corrected chi connectivity index (χ0v) is 13.6. The summed E-state index contributed by atoms with van der Waals surface area (Å²) >= 11 is 0.962. The zero-order valence-electron chi connectivity index (χ0n) is 12.0. The highest BCUT2D eigenvalue weighted by molar-refractivity contribution is 7.89. The van der Waals surface area contributed by atoms with Gasteiger partial charge in [-0.1, -0.05) is 30.3 Å². The summed E-state index contributed by atoms with van der Waals surface area (Å²) in [4.78, 5) is 22.9. The van der Waals surface area contributed by atoms with Crippen LogP contribution in [0.2, 0.25) is 0 Å². The highest BCUT2D eigenvalue weighted by Crippen LogP contribution is 2.22. The molecule has 3 N–H and O–H groups in total. The van der Waals surface area contributed by atoms with Crippen molar-refractivity contribution in [3.8, 4) is 0 Å². The maximum atomic E-state index is 12.3. The van der Waals surface area contributed by atoms with Crippen molar-refractivity contribution < 1.29 is 23.1 Å². The quantitative estimate of drug-likeness (QED) is 0.722. The van der Waals surface area contributed by atoms with E-state index in [9.17, 15) is 23.1 Å². The number of benzene rings is 1. The van der Waals surface area contributed by atoms with Crippen LogP contribution in [0.25, 0.3) is 0 Å². The summed E-state index contributed by atoms with van der Waals surface area (Å²) in [7, 11) is -2.64. The normalized spacial score (nSPS) is 12.6. The topological polar surface area (TPSA) is 113 Å². The molecule has 1 aromatic carbocycles. The number of carbonyl (C=O) groups excluding carboxylic acids is 1. The Kier molecular flexibility index (Phi) is 5.14. The van der Waals surface area contributed by atoms with Crippen molar-refractivity contribution in [1.29, 1.82) is 0 Å². The second-order valence-corrected chi connectivity index (χ2v) is 7.15. The molecule has 2 aromatic rings. The first-order chi connectivity index (χ1) is 10.8. The van der Waals surface area contributed by atoms with Gasteiger partial charge in [0.25, 0.3) is 5.91 Å². The summed E-state index contributed by atoms with van der Waals surface area (Å²) in [6, 6.07) is 7.77. The minimum absolute atomic E-state index is 0.150. The van der Waals surface area contributed by atoms with Crippen molar-refractivity contribution in [1.82, 2.24) is 10.0 Å². The molecule has 0 aliphatic rings. The summed E-state index contributed by atoms with van der Waals surface area (Å²) < 4.78 is 26.8. The number of hydrogen-bond acceptors (Lipinski definition) is 5. The van der Waals surface area contributed by atoms with Gasteiger partial charge in [0.15, 0.2) is 0 Å². The lowest BCUT2D eigenvalue weighted by Gasteiger charge is -2.14. The Morgan fingerprint density at radius 1 is 1.22 bits per heavy atom. The highest BCUT2D eigenvalue weighted by Gasteiger charge is 2.28. The minimum atomic E-state index is -4.07. The lowest BCUT2D eigenvalue weighted by atomic mass is 10.1. The van der Waals surface area contributed by atoms with E-state index in [2.05, 4.69) is 10.0 Å². The predicted molar refractivity (Wildman–Crippen MR) is 84.8 cm³/mol. The predicted octanol–water partition coefficient (Wildman–Crippen LogP) is 1.21. The summed E-state index contributed by atoms with van der Waals surface area (Å²) in [5.74, 6) is -1.73. The van der Waals surface area contributed by atoms with Gasteiger partial charge >= 0.3 is 5.97 Å². The first-order valence-corrected chi connectivity index (χ1v) is 8.82. The molecule has 0 fully saturated rings. The van der Waals surface area contributed by atoms with Crippen molar-refractivity contribution in [3.63, 3.8) is 0 Å². The van der Waals surface area contributed by atoms with Crippen LogP contribution in [0.1, 0.15) is 21.3 Å². The van der Waals surface area contributed by atoms with E-state index in [-0.39, 0.29) is 9.77 Å². The van der Waals surface area contributed by atoms with Crippen LogP contribution in [-0.4, -0.2) is 32.4 Å². The first-order valence-electron chi connectivity index (χ1n) is 6.46. The Morgan fingerprint density at radius 3 is 2.43 bits per heavy atom. The molecular weight excluding hydrogens is 340 g/mol. The van der Waals surface area contributed by atoms with Crippen LogP contribution >= 0.6 is 11.3 Å². The molecule has 7 nitrogen and oxygen atoms in total. The van der Waals surface area contributed by atoms with Crippen molar-refractivity contribution in [3.05, 3.63) is 52.2 Å². The van der Waals surface area contributed by atoms with Gasteiger partial charge in [-0.2, -0.15) is 4.72 Å². The molecule has 23 heavy (non-hydrogen) atoms. The molecule has 0 aliphatic carbocycles. The van der Waals surface area contributed by atoms with Crippen molar-refractivity contribution in [2.24, 2.45) is 0 Å². The van der Waals surface area contributed by atoms with E-state index in [0.717, 1.165) is 11.3 Å². The van der Waals surface area contributed by atoms with E-state index in [1.807, 2.05) is 0 Å². The fraction of sp³-hybridized carbons (Fsp3) is 0.143. The molecule has 0 radical (unpaired) electrons. The Labute approximate surface area is 137 Å². The van der Waals surface area contributed by atoms with E-state index >= 15 is 0 Å². The summed E-state index contributed by atoms with van der Waals surface area (Å²) in [5.41, 5.74) is 0.310. The van der Waals surface area contributed by atoms with Gasteiger partial charge in [0, 0.05) is 12.4 Å². The molecule has 0 saturated carbocycles. The standard InChI is InChI=1S/C14H14N2O5S2/c1-15-13(17)11-7-10(8-22-11)23(20,21)16-12(14(18)19)9-5-3-2-4-6-9/h2-8,12,16H,1H3,(H,15,17)(H,18,19)/t12-/m0/s1. The van der Waals surface area contributed by atoms with Crippen LogP contribution in [-0.2, 0) is 14.8 Å². The van der Waals surface area contributed by atoms with Crippen LogP contribution in [0.4, 0.5) is 0 Å². The maximum Gasteiger partial charge on any atom is 0.326 e. The first kappa shape index (κ1) is 17.1. The average molecular weight is 354 g/mol. The van der Waals surface area contributed by atoms with Crippen LogP contribution in [0.3, 0.4) is 0 Å². The molecule has 9 heteroatoms. The summed E-state index contributed by atoms with van der Waals surface area (Å²) in [6.45, 7) is 0. The Balaban J connectivity index is 2.30. The second-order valence-electron chi connectivity index (χ2n) is 4.53. The molecule has 2 rings (SSSR count). The molecule has 1 heterocycles. The summed E-state index contributed by atoms with van der Waals surface area (Å²) in [5, 5.41) is 13.0. The second kappa shape index (κ2) is 6.90. The fourth-order valence-corrected chi connectivity index (χ4v) is 4.23. The third-order valence-corrected chi connectivity index (χ3v) is 5.47. The SMILES string of the molecule is CNC(=O)c1cc(S(=O)(=O)N[C@H](C(=O)O)c2ccccc2)cs1. The number of sulfonamides is 1. The van der Waals surface area contributed by atoms with Gasteiger partial charge in [0.1, 0.15) is 6.04 Å².